The van der Waals surface area contributed by atoms with E-state index in [-0.39, 0.29) is 5.56 Å². The van der Waals surface area contributed by atoms with Gasteiger partial charge in [0.2, 0.25) is 0 Å². The number of aryl methyl sites for hydroxylation is 1. The molecule has 2 aromatic heterocycles. The summed E-state index contributed by atoms with van der Waals surface area (Å²) in [6.07, 6.45) is 4.85. The highest BCUT2D eigenvalue weighted by molar-refractivity contribution is 9.10. The van der Waals surface area contributed by atoms with Crippen LogP contribution in [-0.2, 0) is 0 Å². The van der Waals surface area contributed by atoms with Crippen LogP contribution in [0.5, 0.6) is 0 Å². The van der Waals surface area contributed by atoms with Crippen molar-refractivity contribution in [3.8, 4) is 0 Å². The molecule has 18 heavy (non-hydrogen) atoms. The van der Waals surface area contributed by atoms with Crippen molar-refractivity contribution in [3.63, 3.8) is 0 Å². The predicted octanol–water partition coefficient (Wildman–Crippen LogP) is 2.99. The summed E-state index contributed by atoms with van der Waals surface area (Å²) in [5.41, 5.74) is 1.80. The van der Waals surface area contributed by atoms with E-state index in [1.54, 1.807) is 18.6 Å². The van der Waals surface area contributed by atoms with Crippen LogP contribution in [0.2, 0.25) is 0 Å². The summed E-state index contributed by atoms with van der Waals surface area (Å²) in [6, 6.07) is 3.34. The van der Waals surface area contributed by atoms with Gasteiger partial charge in [0.05, 0.1) is 11.9 Å². The molecule has 2 N–H and O–H groups in total. The van der Waals surface area contributed by atoms with Gasteiger partial charge >= 0.3 is 5.97 Å². The molecule has 2 aromatic rings. The van der Waals surface area contributed by atoms with E-state index in [4.69, 9.17) is 5.11 Å². The van der Waals surface area contributed by atoms with Gasteiger partial charge in [-0.1, -0.05) is 0 Å². The van der Waals surface area contributed by atoms with Crippen LogP contribution in [-0.4, -0.2) is 21.0 Å². The number of carboxylic acid groups (broad SMARTS) is 1. The average molecular weight is 308 g/mol. The van der Waals surface area contributed by atoms with Crippen LogP contribution in [0.4, 0.5) is 11.5 Å². The van der Waals surface area contributed by atoms with Crippen LogP contribution in [0.1, 0.15) is 15.9 Å². The third-order valence-corrected chi connectivity index (χ3v) is 2.81. The lowest BCUT2D eigenvalue weighted by atomic mass is 10.2. The number of nitrogens with zero attached hydrogens (tertiary/aromatic N) is 2. The lowest BCUT2D eigenvalue weighted by Gasteiger charge is -2.10. The normalized spacial score (nSPS) is 10.1. The van der Waals surface area contributed by atoms with Crippen molar-refractivity contribution in [1.82, 2.24) is 9.97 Å². The summed E-state index contributed by atoms with van der Waals surface area (Å²) in [6.45, 7) is 1.91. The second-order valence-corrected chi connectivity index (χ2v) is 4.59. The molecule has 0 aliphatic carbocycles. The molecule has 6 heteroatoms. The lowest BCUT2D eigenvalue weighted by Crippen LogP contribution is -2.05. The van der Waals surface area contributed by atoms with Gasteiger partial charge in [-0.15, -0.1) is 0 Å². The van der Waals surface area contributed by atoms with Crippen molar-refractivity contribution in [1.29, 1.82) is 0 Å². The Morgan fingerprint density at radius 1 is 1.44 bits per heavy atom. The molecule has 2 heterocycles. The number of nitrogens with one attached hydrogen (secondary N) is 1. The van der Waals surface area contributed by atoms with Crippen molar-refractivity contribution in [3.05, 3.63) is 46.3 Å². The number of carboxylic acids is 1. The maximum absolute atomic E-state index is 11.1. The van der Waals surface area contributed by atoms with E-state index in [0.717, 1.165) is 11.3 Å². The highest BCUT2D eigenvalue weighted by Crippen LogP contribution is 2.23. The summed E-state index contributed by atoms with van der Waals surface area (Å²) in [5.74, 6) is -0.741. The molecule has 92 valence electrons. The number of aromatic carboxylic acids is 1. The third-order valence-electron chi connectivity index (χ3n) is 2.38. The van der Waals surface area contributed by atoms with Crippen LogP contribution < -0.4 is 5.32 Å². The molecule has 0 unspecified atom stereocenters. The van der Waals surface area contributed by atoms with Gasteiger partial charge in [0.15, 0.2) is 0 Å². The quantitative estimate of drug-likeness (QED) is 0.911. The second-order valence-electron chi connectivity index (χ2n) is 3.67. The number of pyridine rings is 2. The molecule has 0 aliphatic heterocycles. The molecule has 0 spiro atoms. The van der Waals surface area contributed by atoms with Gasteiger partial charge in [0.25, 0.3) is 0 Å². The smallest absolute Gasteiger partial charge is 0.339 e. The van der Waals surface area contributed by atoms with Crippen LogP contribution in [0, 0.1) is 6.92 Å². The van der Waals surface area contributed by atoms with Crippen molar-refractivity contribution >= 4 is 33.4 Å². The molecule has 0 radical (unpaired) electrons. The number of hydrogen-bond acceptors (Lipinski definition) is 4. The Bertz CT molecular complexity index is 602. The lowest BCUT2D eigenvalue weighted by molar-refractivity contribution is 0.0697. The van der Waals surface area contributed by atoms with E-state index in [1.165, 1.54) is 6.07 Å². The van der Waals surface area contributed by atoms with Gasteiger partial charge < -0.3 is 10.4 Å². The minimum absolute atomic E-state index is 0.104. The second kappa shape index (κ2) is 5.14. The molecule has 5 nitrogen and oxygen atoms in total. The fourth-order valence-electron chi connectivity index (χ4n) is 1.42. The van der Waals surface area contributed by atoms with Crippen LogP contribution in [0.3, 0.4) is 0 Å². The van der Waals surface area contributed by atoms with Crippen molar-refractivity contribution < 1.29 is 9.90 Å². The van der Waals surface area contributed by atoms with Crippen molar-refractivity contribution in [2.45, 2.75) is 6.92 Å². The Morgan fingerprint density at radius 2 is 2.22 bits per heavy atom. The Morgan fingerprint density at radius 3 is 2.89 bits per heavy atom. The first-order chi connectivity index (χ1) is 8.58. The standard InChI is InChI=1S/C12H10BrN3O2/c1-7-2-3-14-6-10(7)16-11-9(12(17)18)4-8(13)5-15-11/h2-6H,1H3,(H,15,16)(H,17,18). The number of carbonyl (C=O) groups is 1. The number of hydrogen-bond donors (Lipinski definition) is 2. The molecular weight excluding hydrogens is 298 g/mol. The molecule has 0 aliphatic rings. The van der Waals surface area contributed by atoms with Crippen molar-refractivity contribution in [2.75, 3.05) is 5.32 Å². The molecule has 0 saturated heterocycles. The van der Waals surface area contributed by atoms with E-state index in [9.17, 15) is 4.79 Å². The zero-order chi connectivity index (χ0) is 13.1. The van der Waals surface area contributed by atoms with E-state index in [1.807, 2.05) is 13.0 Å². The largest absolute Gasteiger partial charge is 0.478 e. The molecule has 0 fully saturated rings. The molecule has 0 aromatic carbocycles. The van der Waals surface area contributed by atoms with Gasteiger partial charge in [-0.25, -0.2) is 9.78 Å². The maximum atomic E-state index is 11.1. The summed E-state index contributed by atoms with van der Waals surface area (Å²) >= 11 is 3.20. The minimum Gasteiger partial charge on any atom is -0.478 e. The van der Waals surface area contributed by atoms with E-state index < -0.39 is 5.97 Å². The monoisotopic (exact) mass is 307 g/mol. The van der Waals surface area contributed by atoms with Crippen LogP contribution >= 0.6 is 15.9 Å². The summed E-state index contributed by atoms with van der Waals surface area (Å²) in [4.78, 5) is 19.2. The topological polar surface area (TPSA) is 75.1 Å². The zero-order valence-electron chi connectivity index (χ0n) is 9.51. The van der Waals surface area contributed by atoms with E-state index >= 15 is 0 Å². The molecule has 0 atom stereocenters. The van der Waals surface area contributed by atoms with E-state index in [0.29, 0.717) is 10.3 Å². The fourth-order valence-corrected chi connectivity index (χ4v) is 1.76. The zero-order valence-corrected chi connectivity index (χ0v) is 11.1. The van der Waals surface area contributed by atoms with Crippen LogP contribution in [0.15, 0.2) is 35.2 Å². The highest BCUT2D eigenvalue weighted by Gasteiger charge is 2.13. The summed E-state index contributed by atoms with van der Waals surface area (Å²) < 4.78 is 0.619. The predicted molar refractivity (Wildman–Crippen MR) is 71.2 cm³/mol. The number of aromatic nitrogens is 2. The first kappa shape index (κ1) is 12.5. The first-order valence-corrected chi connectivity index (χ1v) is 5.93. The maximum Gasteiger partial charge on any atom is 0.339 e. The Labute approximate surface area is 112 Å². The van der Waals surface area contributed by atoms with Gasteiger partial charge in [-0.05, 0) is 40.5 Å². The van der Waals surface area contributed by atoms with Gasteiger partial charge in [-0.2, -0.15) is 0 Å². The summed E-state index contributed by atoms with van der Waals surface area (Å²) in [7, 11) is 0. The molecule has 0 bridgehead atoms. The Hall–Kier alpha value is -1.95. The Kier molecular flexibility index (Phi) is 3.57. The third kappa shape index (κ3) is 2.65. The van der Waals surface area contributed by atoms with Crippen molar-refractivity contribution in [2.24, 2.45) is 0 Å². The molecular formula is C12H10BrN3O2. The SMILES string of the molecule is Cc1ccncc1Nc1ncc(Br)cc1C(=O)O. The Balaban J connectivity index is 2.41. The number of rotatable bonds is 3. The average Bonchev–Trinajstić information content (AvgIpc) is 2.34. The van der Waals surface area contributed by atoms with Gasteiger partial charge in [0, 0.05) is 16.9 Å². The fraction of sp³-hybridized carbons (Fsp3) is 0.0833. The number of anilines is 2. The van der Waals surface area contributed by atoms with Gasteiger partial charge in [0.1, 0.15) is 11.4 Å². The molecule has 2 rings (SSSR count). The minimum atomic E-state index is -1.03. The number of halogens is 1. The first-order valence-electron chi connectivity index (χ1n) is 5.14. The summed E-state index contributed by atoms with van der Waals surface area (Å²) in [5, 5.41) is 12.1. The molecule has 0 amide bonds. The van der Waals surface area contributed by atoms with E-state index in [2.05, 4.69) is 31.2 Å². The molecule has 0 saturated carbocycles. The van der Waals surface area contributed by atoms with Gasteiger partial charge in [-0.3, -0.25) is 4.98 Å². The highest BCUT2D eigenvalue weighted by atomic mass is 79.9. The van der Waals surface area contributed by atoms with Crippen LogP contribution in [0.25, 0.3) is 0 Å².